The van der Waals surface area contributed by atoms with Crippen LogP contribution in [0.5, 0.6) is 0 Å². The fourth-order valence-corrected chi connectivity index (χ4v) is 2.79. The first-order chi connectivity index (χ1) is 10.7. The van der Waals surface area contributed by atoms with Crippen LogP contribution < -0.4 is 5.32 Å². The third kappa shape index (κ3) is 2.30. The van der Waals surface area contributed by atoms with E-state index in [1.807, 2.05) is 28.8 Å². The molecule has 6 nitrogen and oxygen atoms in total. The molecule has 2 heterocycles. The van der Waals surface area contributed by atoms with Crippen LogP contribution in [0.1, 0.15) is 12.8 Å². The lowest BCUT2D eigenvalue weighted by Gasteiger charge is -2.31. The first-order valence-corrected chi connectivity index (χ1v) is 7.48. The van der Waals surface area contributed by atoms with Crippen LogP contribution >= 0.6 is 11.6 Å². The van der Waals surface area contributed by atoms with Crippen molar-refractivity contribution in [1.82, 2.24) is 19.5 Å². The average molecular weight is 316 g/mol. The number of para-hydroxylation sites is 2. The van der Waals surface area contributed by atoms with Gasteiger partial charge in [-0.25, -0.2) is 9.97 Å². The summed E-state index contributed by atoms with van der Waals surface area (Å²) in [5, 5.41) is 13.0. The molecule has 1 fully saturated rings. The number of nitrogens with zero attached hydrogens (tertiary/aromatic N) is 4. The van der Waals surface area contributed by atoms with E-state index < -0.39 is 0 Å². The molecule has 0 atom stereocenters. The summed E-state index contributed by atoms with van der Waals surface area (Å²) in [5.74, 6) is 1.10. The molecule has 1 aliphatic carbocycles. The molecule has 0 bridgehead atoms. The molecule has 4 rings (SSSR count). The van der Waals surface area contributed by atoms with E-state index in [1.54, 1.807) is 12.5 Å². The van der Waals surface area contributed by atoms with Gasteiger partial charge in [0, 0.05) is 6.04 Å². The first-order valence-electron chi connectivity index (χ1n) is 7.10. The maximum absolute atomic E-state index is 9.35. The number of aromatic nitrogens is 4. The molecule has 22 heavy (non-hydrogen) atoms. The van der Waals surface area contributed by atoms with Gasteiger partial charge in [-0.1, -0.05) is 23.7 Å². The Bertz CT molecular complexity index is 828. The molecule has 3 aromatic rings. The van der Waals surface area contributed by atoms with Crippen molar-refractivity contribution < 1.29 is 5.11 Å². The minimum atomic E-state index is -0.220. The number of aliphatic hydroxyl groups excluding tert-OH is 1. The molecule has 1 saturated carbocycles. The average Bonchev–Trinajstić information content (AvgIpc) is 2.91. The highest BCUT2D eigenvalue weighted by molar-refractivity contribution is 6.32. The van der Waals surface area contributed by atoms with Gasteiger partial charge in [0.25, 0.3) is 0 Å². The monoisotopic (exact) mass is 315 g/mol. The van der Waals surface area contributed by atoms with Gasteiger partial charge in [-0.3, -0.25) is 4.57 Å². The van der Waals surface area contributed by atoms with Crippen LogP contribution in [0.3, 0.4) is 0 Å². The lowest BCUT2D eigenvalue weighted by molar-refractivity contribution is 0.0834. The summed E-state index contributed by atoms with van der Waals surface area (Å²) in [6.45, 7) is 0. The second-order valence-electron chi connectivity index (χ2n) is 5.43. The SMILES string of the molecule is OC1CC(Nc2ncc(Cl)c(-n3cnc4ccccc43)n2)C1. The Kier molecular flexibility index (Phi) is 3.20. The van der Waals surface area contributed by atoms with Crippen molar-refractivity contribution in [3.05, 3.63) is 41.8 Å². The number of rotatable bonds is 3. The van der Waals surface area contributed by atoms with Gasteiger partial charge < -0.3 is 10.4 Å². The number of halogens is 1. The van der Waals surface area contributed by atoms with Crippen LogP contribution in [0.25, 0.3) is 16.9 Å². The van der Waals surface area contributed by atoms with E-state index in [0.29, 0.717) is 16.8 Å². The van der Waals surface area contributed by atoms with E-state index in [9.17, 15) is 5.11 Å². The zero-order valence-electron chi connectivity index (χ0n) is 11.6. The van der Waals surface area contributed by atoms with Crippen molar-refractivity contribution in [2.75, 3.05) is 5.32 Å². The number of hydrogen-bond donors (Lipinski definition) is 2. The molecule has 2 N–H and O–H groups in total. The number of aliphatic hydroxyl groups is 1. The van der Waals surface area contributed by atoms with Crippen LogP contribution in [0.2, 0.25) is 5.02 Å². The molecular formula is C15H14ClN5O. The van der Waals surface area contributed by atoms with Crippen LogP contribution in [0, 0.1) is 0 Å². The predicted octanol–water partition coefficient (Wildman–Crippen LogP) is 2.40. The largest absolute Gasteiger partial charge is 0.393 e. The first kappa shape index (κ1) is 13.5. The van der Waals surface area contributed by atoms with Gasteiger partial charge in [0.2, 0.25) is 5.95 Å². The molecule has 0 spiro atoms. The minimum Gasteiger partial charge on any atom is -0.393 e. The summed E-state index contributed by atoms with van der Waals surface area (Å²) >= 11 is 6.25. The van der Waals surface area contributed by atoms with Crippen molar-refractivity contribution in [1.29, 1.82) is 0 Å². The zero-order valence-corrected chi connectivity index (χ0v) is 12.4. The smallest absolute Gasteiger partial charge is 0.224 e. The summed E-state index contributed by atoms with van der Waals surface area (Å²) in [4.78, 5) is 13.1. The van der Waals surface area contributed by atoms with Crippen LogP contribution in [-0.4, -0.2) is 36.8 Å². The summed E-state index contributed by atoms with van der Waals surface area (Å²) in [7, 11) is 0. The Morgan fingerprint density at radius 1 is 1.23 bits per heavy atom. The van der Waals surface area contributed by atoms with Gasteiger partial charge in [0.1, 0.15) is 11.3 Å². The summed E-state index contributed by atoms with van der Waals surface area (Å²) in [6.07, 6.45) is 4.50. The highest BCUT2D eigenvalue weighted by Crippen LogP contribution is 2.26. The van der Waals surface area contributed by atoms with Crippen LogP contribution in [0.4, 0.5) is 5.95 Å². The lowest BCUT2D eigenvalue weighted by atomic mass is 9.90. The number of hydrogen-bond acceptors (Lipinski definition) is 5. The van der Waals surface area contributed by atoms with E-state index in [0.717, 1.165) is 23.9 Å². The summed E-state index contributed by atoms with van der Waals surface area (Å²) in [5.41, 5.74) is 1.82. The van der Waals surface area contributed by atoms with Crippen molar-refractivity contribution in [3.63, 3.8) is 0 Å². The molecule has 0 radical (unpaired) electrons. The number of anilines is 1. The topological polar surface area (TPSA) is 75.9 Å². The molecule has 112 valence electrons. The predicted molar refractivity (Wildman–Crippen MR) is 84.3 cm³/mol. The van der Waals surface area contributed by atoms with E-state index in [2.05, 4.69) is 20.3 Å². The highest BCUT2D eigenvalue weighted by atomic mass is 35.5. The Hall–Kier alpha value is -2.18. The maximum Gasteiger partial charge on any atom is 0.224 e. The molecule has 0 aliphatic heterocycles. The van der Waals surface area contributed by atoms with E-state index in [1.165, 1.54) is 0 Å². The molecule has 0 saturated heterocycles. The molecule has 1 aliphatic rings. The number of nitrogens with one attached hydrogen (secondary N) is 1. The van der Waals surface area contributed by atoms with Gasteiger partial charge >= 0.3 is 0 Å². The van der Waals surface area contributed by atoms with Crippen LogP contribution in [-0.2, 0) is 0 Å². The third-order valence-electron chi connectivity index (χ3n) is 3.85. The number of benzene rings is 1. The Morgan fingerprint density at radius 2 is 2.05 bits per heavy atom. The Balaban J connectivity index is 1.71. The summed E-state index contributed by atoms with van der Waals surface area (Å²) in [6, 6.07) is 8.01. The van der Waals surface area contributed by atoms with Gasteiger partial charge in [-0.2, -0.15) is 4.98 Å². The standard InChI is InChI=1S/C15H14ClN5O/c16-11-7-17-15(19-9-5-10(22)6-9)20-14(11)21-8-18-12-3-1-2-4-13(12)21/h1-4,7-10,22H,5-6H2,(H,17,19,20). The quantitative estimate of drug-likeness (QED) is 0.776. The molecule has 1 aromatic carbocycles. The lowest BCUT2D eigenvalue weighted by Crippen LogP contribution is -2.39. The second-order valence-corrected chi connectivity index (χ2v) is 5.84. The maximum atomic E-state index is 9.35. The van der Waals surface area contributed by atoms with Gasteiger partial charge in [0.15, 0.2) is 5.82 Å². The fourth-order valence-electron chi connectivity index (χ4n) is 2.61. The van der Waals surface area contributed by atoms with Crippen molar-refractivity contribution >= 4 is 28.6 Å². The minimum absolute atomic E-state index is 0.212. The molecular weight excluding hydrogens is 302 g/mol. The number of fused-ring (bicyclic) bond motifs is 1. The van der Waals surface area contributed by atoms with Crippen LogP contribution in [0.15, 0.2) is 36.8 Å². The van der Waals surface area contributed by atoms with Crippen molar-refractivity contribution in [2.24, 2.45) is 0 Å². The van der Waals surface area contributed by atoms with Gasteiger partial charge in [-0.15, -0.1) is 0 Å². The normalized spacial score (nSPS) is 20.8. The Morgan fingerprint density at radius 3 is 2.86 bits per heavy atom. The van der Waals surface area contributed by atoms with Gasteiger partial charge in [0.05, 0.1) is 23.3 Å². The van der Waals surface area contributed by atoms with Crippen molar-refractivity contribution in [2.45, 2.75) is 25.0 Å². The van der Waals surface area contributed by atoms with E-state index >= 15 is 0 Å². The van der Waals surface area contributed by atoms with E-state index in [-0.39, 0.29) is 12.1 Å². The van der Waals surface area contributed by atoms with E-state index in [4.69, 9.17) is 11.6 Å². The highest BCUT2D eigenvalue weighted by Gasteiger charge is 2.27. The molecule has 2 aromatic heterocycles. The second kappa shape index (κ2) is 5.23. The van der Waals surface area contributed by atoms with Crippen molar-refractivity contribution in [3.8, 4) is 5.82 Å². The zero-order chi connectivity index (χ0) is 15.1. The van der Waals surface area contributed by atoms with Gasteiger partial charge in [-0.05, 0) is 25.0 Å². The third-order valence-corrected chi connectivity index (χ3v) is 4.12. The summed E-state index contributed by atoms with van der Waals surface area (Å²) < 4.78 is 1.85. The molecule has 0 unspecified atom stereocenters. The fraction of sp³-hybridized carbons (Fsp3) is 0.267. The molecule has 0 amide bonds. The Labute approximate surface area is 131 Å². The number of imidazole rings is 1. The molecule has 7 heteroatoms.